The summed E-state index contributed by atoms with van der Waals surface area (Å²) in [5, 5.41) is 4.20. The van der Waals surface area contributed by atoms with Gasteiger partial charge in [-0.3, -0.25) is 0 Å². The van der Waals surface area contributed by atoms with Gasteiger partial charge in [0.1, 0.15) is 0 Å². The van der Waals surface area contributed by atoms with Gasteiger partial charge < -0.3 is 15.0 Å². The quantitative estimate of drug-likeness (QED) is 0.884. The Morgan fingerprint density at radius 1 is 1.05 bits per heavy atom. The van der Waals surface area contributed by atoms with E-state index in [9.17, 15) is 0 Å². The fraction of sp³-hybridized carbons (Fsp3) is 0.857. The van der Waals surface area contributed by atoms with Crippen molar-refractivity contribution in [1.82, 2.24) is 10.1 Å². The highest BCUT2D eigenvalue weighted by Gasteiger charge is 2.44. The largest absolute Gasteiger partial charge is 0.374 e. The summed E-state index contributed by atoms with van der Waals surface area (Å²) in [5.74, 6) is 2.20. The van der Waals surface area contributed by atoms with Gasteiger partial charge >= 0.3 is 0 Å². The highest BCUT2D eigenvalue weighted by Crippen LogP contribution is 2.44. The van der Waals surface area contributed by atoms with Crippen LogP contribution in [0, 0.1) is 0 Å². The summed E-state index contributed by atoms with van der Waals surface area (Å²) in [4.78, 5) is 4.65. The van der Waals surface area contributed by atoms with Crippen molar-refractivity contribution >= 4 is 0 Å². The van der Waals surface area contributed by atoms with E-state index in [0.29, 0.717) is 18.1 Å². The lowest BCUT2D eigenvalue weighted by Gasteiger charge is -2.25. The predicted molar refractivity (Wildman–Crippen MR) is 68.7 cm³/mol. The van der Waals surface area contributed by atoms with Crippen LogP contribution in [0.25, 0.3) is 0 Å². The summed E-state index contributed by atoms with van der Waals surface area (Å²) in [5.41, 5.74) is 6.18. The van der Waals surface area contributed by atoms with Crippen LogP contribution < -0.4 is 5.73 Å². The summed E-state index contributed by atoms with van der Waals surface area (Å²) < 4.78 is 11.4. The predicted octanol–water partition coefficient (Wildman–Crippen LogP) is 2.09. The molecule has 3 heterocycles. The van der Waals surface area contributed by atoms with Crippen molar-refractivity contribution in [3.63, 3.8) is 0 Å². The van der Waals surface area contributed by atoms with Crippen LogP contribution >= 0.6 is 0 Å². The fourth-order valence-corrected chi connectivity index (χ4v) is 3.92. The summed E-state index contributed by atoms with van der Waals surface area (Å²) in [6.07, 6.45) is 8.72. The van der Waals surface area contributed by atoms with Crippen molar-refractivity contribution < 1.29 is 9.26 Å². The number of fused-ring (bicyclic) bond motifs is 2. The van der Waals surface area contributed by atoms with E-state index in [1.54, 1.807) is 0 Å². The van der Waals surface area contributed by atoms with Crippen LogP contribution in [-0.4, -0.2) is 28.4 Å². The molecule has 1 saturated carbocycles. The first-order chi connectivity index (χ1) is 9.31. The van der Waals surface area contributed by atoms with Gasteiger partial charge in [0.25, 0.3) is 0 Å². The Bertz CT molecular complexity index is 445. The molecule has 0 spiro atoms. The number of nitrogens with two attached hydrogens (primary N) is 1. The van der Waals surface area contributed by atoms with Crippen LogP contribution in [0.2, 0.25) is 0 Å². The smallest absolute Gasteiger partial charge is 0.231 e. The second-order valence-electron chi connectivity index (χ2n) is 6.26. The standard InChI is InChI=1S/C14H21N3O2/c15-11-4-2-1-3-9(11)14-16-13(17-19-14)10-7-8-5-6-12(10)18-8/h8-12H,1-7,15H2. The van der Waals surface area contributed by atoms with E-state index in [0.717, 1.165) is 37.4 Å². The molecule has 0 aromatic carbocycles. The minimum atomic E-state index is 0.179. The molecule has 2 N–H and O–H groups in total. The highest BCUT2D eigenvalue weighted by molar-refractivity contribution is 5.09. The Morgan fingerprint density at radius 3 is 2.68 bits per heavy atom. The van der Waals surface area contributed by atoms with Crippen molar-refractivity contribution in [3.05, 3.63) is 11.7 Å². The Kier molecular flexibility index (Phi) is 2.84. The molecule has 5 heteroatoms. The first-order valence-corrected chi connectivity index (χ1v) is 7.56. The maximum absolute atomic E-state index is 6.18. The normalized spacial score (nSPS) is 41.8. The number of rotatable bonds is 2. The lowest BCUT2D eigenvalue weighted by atomic mass is 9.85. The Balaban J connectivity index is 1.53. The van der Waals surface area contributed by atoms with E-state index in [4.69, 9.17) is 15.0 Å². The minimum Gasteiger partial charge on any atom is -0.374 e. The summed E-state index contributed by atoms with van der Waals surface area (Å²) >= 11 is 0. The van der Waals surface area contributed by atoms with E-state index < -0.39 is 0 Å². The van der Waals surface area contributed by atoms with Gasteiger partial charge in [-0.2, -0.15) is 4.98 Å². The number of nitrogens with zero attached hydrogens (tertiary/aromatic N) is 2. The second kappa shape index (κ2) is 4.56. The molecule has 0 radical (unpaired) electrons. The molecule has 104 valence electrons. The molecule has 4 rings (SSSR count). The van der Waals surface area contributed by atoms with E-state index in [2.05, 4.69) is 10.1 Å². The zero-order valence-electron chi connectivity index (χ0n) is 11.1. The molecule has 0 amide bonds. The lowest BCUT2D eigenvalue weighted by molar-refractivity contribution is 0.0996. The van der Waals surface area contributed by atoms with Crippen LogP contribution in [0.1, 0.15) is 68.5 Å². The molecular weight excluding hydrogens is 242 g/mol. The molecule has 2 aliphatic heterocycles. The third-order valence-electron chi connectivity index (χ3n) is 5.03. The van der Waals surface area contributed by atoms with Gasteiger partial charge in [-0.15, -0.1) is 0 Å². The van der Waals surface area contributed by atoms with Gasteiger partial charge in [0.15, 0.2) is 5.82 Å². The molecule has 1 aromatic rings. The van der Waals surface area contributed by atoms with Gasteiger partial charge in [-0.25, -0.2) is 0 Å². The Morgan fingerprint density at radius 2 is 1.95 bits per heavy atom. The maximum Gasteiger partial charge on any atom is 0.231 e. The van der Waals surface area contributed by atoms with Gasteiger partial charge in [-0.1, -0.05) is 18.0 Å². The summed E-state index contributed by atoms with van der Waals surface area (Å²) in [7, 11) is 0. The van der Waals surface area contributed by atoms with Gasteiger partial charge in [0.2, 0.25) is 5.89 Å². The third-order valence-corrected chi connectivity index (χ3v) is 5.03. The van der Waals surface area contributed by atoms with Crippen LogP contribution in [0.4, 0.5) is 0 Å². The fourth-order valence-electron chi connectivity index (χ4n) is 3.92. The van der Waals surface area contributed by atoms with Crippen molar-refractivity contribution in [2.24, 2.45) is 5.73 Å². The van der Waals surface area contributed by atoms with Crippen molar-refractivity contribution in [2.75, 3.05) is 0 Å². The number of hydrogen-bond donors (Lipinski definition) is 1. The molecule has 5 atom stereocenters. The molecule has 2 saturated heterocycles. The molecule has 19 heavy (non-hydrogen) atoms. The van der Waals surface area contributed by atoms with Crippen LogP contribution in [0.5, 0.6) is 0 Å². The van der Waals surface area contributed by atoms with Crippen molar-refractivity contribution in [3.8, 4) is 0 Å². The maximum atomic E-state index is 6.18. The van der Waals surface area contributed by atoms with Crippen LogP contribution in [0.15, 0.2) is 4.52 Å². The lowest BCUT2D eigenvalue weighted by Crippen LogP contribution is -2.31. The van der Waals surface area contributed by atoms with Crippen LogP contribution in [0.3, 0.4) is 0 Å². The molecule has 5 nitrogen and oxygen atoms in total. The Labute approximate surface area is 112 Å². The first-order valence-electron chi connectivity index (χ1n) is 7.56. The first kappa shape index (κ1) is 11.9. The van der Waals surface area contributed by atoms with Gasteiger partial charge in [-0.05, 0) is 32.1 Å². The highest BCUT2D eigenvalue weighted by atomic mass is 16.5. The molecule has 5 unspecified atom stereocenters. The molecule has 1 aromatic heterocycles. The average Bonchev–Trinajstić information content (AvgIpc) is 3.15. The number of hydrogen-bond acceptors (Lipinski definition) is 5. The van der Waals surface area contributed by atoms with Crippen LogP contribution in [-0.2, 0) is 4.74 Å². The number of ether oxygens (including phenoxy) is 1. The number of aromatic nitrogens is 2. The summed E-state index contributed by atoms with van der Waals surface area (Å²) in [6.45, 7) is 0. The minimum absolute atomic E-state index is 0.179. The van der Waals surface area contributed by atoms with Crippen molar-refractivity contribution in [2.45, 2.75) is 75.0 Å². The SMILES string of the molecule is NC1CCCCC1c1nc(C2CC3CCC2O3)no1. The van der Waals surface area contributed by atoms with E-state index >= 15 is 0 Å². The van der Waals surface area contributed by atoms with E-state index in [-0.39, 0.29) is 12.0 Å². The molecular formula is C14H21N3O2. The molecule has 2 bridgehead atoms. The van der Waals surface area contributed by atoms with E-state index in [1.807, 2.05) is 0 Å². The molecule has 3 aliphatic rings. The van der Waals surface area contributed by atoms with Crippen molar-refractivity contribution in [1.29, 1.82) is 0 Å². The topological polar surface area (TPSA) is 74.2 Å². The zero-order valence-corrected chi connectivity index (χ0v) is 11.1. The average molecular weight is 263 g/mol. The van der Waals surface area contributed by atoms with Gasteiger partial charge in [0.05, 0.1) is 24.0 Å². The summed E-state index contributed by atoms with van der Waals surface area (Å²) in [6, 6.07) is 0.179. The van der Waals surface area contributed by atoms with E-state index in [1.165, 1.54) is 19.3 Å². The molecule has 3 fully saturated rings. The monoisotopic (exact) mass is 263 g/mol. The van der Waals surface area contributed by atoms with Gasteiger partial charge in [0, 0.05) is 6.04 Å². The third kappa shape index (κ3) is 1.99. The molecule has 1 aliphatic carbocycles. The second-order valence-corrected chi connectivity index (χ2v) is 6.26. The Hall–Kier alpha value is -0.940. The zero-order chi connectivity index (χ0) is 12.8.